The van der Waals surface area contributed by atoms with Crippen LogP contribution in [0.15, 0.2) is 0 Å². The van der Waals surface area contributed by atoms with Gasteiger partial charge in [0.05, 0.1) is 0 Å². The summed E-state index contributed by atoms with van der Waals surface area (Å²) < 4.78 is 0. The molecule has 0 atom stereocenters. The third-order valence-corrected chi connectivity index (χ3v) is 2.17. The van der Waals surface area contributed by atoms with E-state index in [2.05, 4.69) is 6.92 Å². The van der Waals surface area contributed by atoms with Crippen LogP contribution in [0.1, 0.15) is 39.0 Å². The maximum absolute atomic E-state index is 11.3. The third-order valence-electron chi connectivity index (χ3n) is 2.17. The van der Waals surface area contributed by atoms with Crippen LogP contribution in [0.25, 0.3) is 0 Å². The van der Waals surface area contributed by atoms with E-state index in [-0.39, 0.29) is 0 Å². The van der Waals surface area contributed by atoms with Crippen LogP contribution in [0.4, 0.5) is 0 Å². The molecule has 0 spiro atoms. The van der Waals surface area contributed by atoms with Crippen molar-refractivity contribution >= 4 is 5.91 Å². The summed E-state index contributed by atoms with van der Waals surface area (Å²) in [5, 5.41) is 0. The average Bonchev–Trinajstić information content (AvgIpc) is 2.07. The van der Waals surface area contributed by atoms with Gasteiger partial charge in [0, 0.05) is 19.5 Å². The summed E-state index contributed by atoms with van der Waals surface area (Å²) >= 11 is 0. The lowest BCUT2D eigenvalue weighted by Crippen LogP contribution is -2.35. The van der Waals surface area contributed by atoms with Gasteiger partial charge in [-0.25, -0.2) is 0 Å². The number of amides is 1. The zero-order valence-electron chi connectivity index (χ0n) is 7.31. The molecule has 2 heteroatoms. The predicted molar refractivity (Wildman–Crippen MR) is 45.3 cm³/mol. The molecular weight excluding hydrogens is 137 g/mol. The van der Waals surface area contributed by atoms with E-state index < -0.39 is 0 Å². The SMILES string of the molecule is CCC[11C](=O)N1CCCCC1. The summed E-state index contributed by atoms with van der Waals surface area (Å²) in [5.41, 5.74) is 0. The second kappa shape index (κ2) is 4.37. The molecule has 11 heavy (non-hydrogen) atoms. The van der Waals surface area contributed by atoms with Crippen molar-refractivity contribution in [1.29, 1.82) is 0 Å². The Labute approximate surface area is 68.6 Å². The first-order valence-electron chi connectivity index (χ1n) is 4.62. The molecule has 0 radical (unpaired) electrons. The van der Waals surface area contributed by atoms with Gasteiger partial charge in [0.2, 0.25) is 5.91 Å². The van der Waals surface area contributed by atoms with Gasteiger partial charge in [-0.2, -0.15) is 0 Å². The van der Waals surface area contributed by atoms with Gasteiger partial charge in [-0.3, -0.25) is 4.79 Å². The highest BCUT2D eigenvalue weighted by atomic mass is 16.1. The minimum absolute atomic E-state index is 0.354. The Morgan fingerprint density at radius 1 is 1.27 bits per heavy atom. The quantitative estimate of drug-likeness (QED) is 0.594. The van der Waals surface area contributed by atoms with E-state index in [9.17, 15) is 4.79 Å². The maximum atomic E-state index is 11.3. The van der Waals surface area contributed by atoms with Crippen LogP contribution in [-0.2, 0) is 4.79 Å². The fourth-order valence-corrected chi connectivity index (χ4v) is 1.52. The molecule has 1 amide bonds. The number of nitrogens with zero attached hydrogens (tertiary/aromatic N) is 1. The summed E-state index contributed by atoms with van der Waals surface area (Å²) in [6.07, 6.45) is 5.43. The highest BCUT2D eigenvalue weighted by molar-refractivity contribution is 5.76. The van der Waals surface area contributed by atoms with Crippen molar-refractivity contribution in [2.45, 2.75) is 39.0 Å². The van der Waals surface area contributed by atoms with Gasteiger partial charge in [-0.1, -0.05) is 6.92 Å². The molecule has 0 N–H and O–H groups in total. The third kappa shape index (κ3) is 2.52. The lowest BCUT2D eigenvalue weighted by molar-refractivity contribution is -0.132. The molecule has 1 heterocycles. The minimum atomic E-state index is 0.354. The van der Waals surface area contributed by atoms with Crippen molar-refractivity contribution in [3.8, 4) is 0 Å². The molecule has 0 aromatic carbocycles. The standard InChI is InChI=1S/C9H17NO/c1-2-6-9(11)10-7-4-3-5-8-10/h2-8H2,1H3/i9-1. The molecule has 1 fully saturated rings. The monoisotopic (exact) mass is 154 g/mol. The van der Waals surface area contributed by atoms with E-state index in [0.717, 1.165) is 25.9 Å². The predicted octanol–water partition coefficient (Wildman–Crippen LogP) is 1.80. The van der Waals surface area contributed by atoms with E-state index in [1.807, 2.05) is 4.90 Å². The lowest BCUT2D eigenvalue weighted by Gasteiger charge is -2.26. The Hall–Kier alpha value is -0.530. The Kier molecular flexibility index (Phi) is 3.40. The van der Waals surface area contributed by atoms with Crippen molar-refractivity contribution in [2.75, 3.05) is 13.1 Å². The normalized spacial score (nSPS) is 18.5. The average molecular weight is 154 g/mol. The highest BCUT2D eigenvalue weighted by Crippen LogP contribution is 2.10. The van der Waals surface area contributed by atoms with Crippen molar-refractivity contribution in [3.63, 3.8) is 0 Å². The molecule has 0 unspecified atom stereocenters. The van der Waals surface area contributed by atoms with E-state index >= 15 is 0 Å². The summed E-state index contributed by atoms with van der Waals surface area (Å²) in [7, 11) is 0. The number of hydrogen-bond acceptors (Lipinski definition) is 1. The van der Waals surface area contributed by atoms with Gasteiger partial charge in [0.15, 0.2) is 0 Å². The molecule has 0 aliphatic carbocycles. The topological polar surface area (TPSA) is 20.3 Å². The molecule has 0 aromatic heterocycles. The summed E-state index contributed by atoms with van der Waals surface area (Å²) in [5.74, 6) is 0.354. The number of likely N-dealkylation sites (tertiary alicyclic amines) is 1. The summed E-state index contributed by atoms with van der Waals surface area (Å²) in [6.45, 7) is 4.06. The molecule has 0 aromatic rings. The molecule has 1 rings (SSSR count). The second-order valence-electron chi connectivity index (χ2n) is 3.19. The van der Waals surface area contributed by atoms with E-state index in [1.165, 1.54) is 19.3 Å². The largest absolute Gasteiger partial charge is 0.343 e. The molecular formula is C9H17NO. The van der Waals surface area contributed by atoms with Gasteiger partial charge in [-0.15, -0.1) is 0 Å². The van der Waals surface area contributed by atoms with E-state index in [4.69, 9.17) is 0 Å². The molecule has 64 valence electrons. The van der Waals surface area contributed by atoms with Gasteiger partial charge in [0.1, 0.15) is 0 Å². The minimum Gasteiger partial charge on any atom is -0.343 e. The fraction of sp³-hybridized carbons (Fsp3) is 0.889. The Morgan fingerprint density at radius 3 is 2.45 bits per heavy atom. The van der Waals surface area contributed by atoms with Gasteiger partial charge in [-0.05, 0) is 25.7 Å². The van der Waals surface area contributed by atoms with Crippen molar-refractivity contribution in [1.82, 2.24) is 4.90 Å². The van der Waals surface area contributed by atoms with Crippen LogP contribution < -0.4 is 0 Å². The molecule has 0 saturated carbocycles. The number of carbonyl (C=O) groups is 1. The first kappa shape index (κ1) is 8.57. The van der Waals surface area contributed by atoms with Gasteiger partial charge < -0.3 is 4.90 Å². The van der Waals surface area contributed by atoms with Crippen LogP contribution in [-0.4, -0.2) is 23.9 Å². The Bertz CT molecular complexity index is 128. The molecule has 1 saturated heterocycles. The van der Waals surface area contributed by atoms with Gasteiger partial charge >= 0.3 is 0 Å². The lowest BCUT2D eigenvalue weighted by atomic mass is 9.88. The number of piperidine rings is 1. The second-order valence-corrected chi connectivity index (χ2v) is 3.19. The van der Waals surface area contributed by atoms with Crippen LogP contribution in [0.3, 0.4) is 0 Å². The zero-order valence-corrected chi connectivity index (χ0v) is 7.31. The smallest absolute Gasteiger partial charge is 0.222 e. The van der Waals surface area contributed by atoms with Crippen molar-refractivity contribution in [3.05, 3.63) is 0 Å². The number of carbonyl (C=O) groups excluding carboxylic acids is 1. The molecule has 1 aliphatic rings. The maximum Gasteiger partial charge on any atom is 0.222 e. The highest BCUT2D eigenvalue weighted by Gasteiger charge is 2.14. The first-order valence-corrected chi connectivity index (χ1v) is 4.62. The first-order chi connectivity index (χ1) is 5.34. The Morgan fingerprint density at radius 2 is 1.91 bits per heavy atom. The fourth-order valence-electron chi connectivity index (χ4n) is 1.52. The number of hydrogen-bond donors (Lipinski definition) is 0. The van der Waals surface area contributed by atoms with Crippen LogP contribution in [0.5, 0.6) is 0 Å². The van der Waals surface area contributed by atoms with Crippen LogP contribution >= 0.6 is 0 Å². The van der Waals surface area contributed by atoms with Crippen LogP contribution in [0.2, 0.25) is 0 Å². The number of rotatable bonds is 2. The van der Waals surface area contributed by atoms with Crippen LogP contribution in [0, 0.1) is 0 Å². The van der Waals surface area contributed by atoms with Gasteiger partial charge in [0.25, 0.3) is 0 Å². The Balaban J connectivity index is 2.27. The van der Waals surface area contributed by atoms with E-state index in [0.29, 0.717) is 5.91 Å². The van der Waals surface area contributed by atoms with E-state index in [1.54, 1.807) is 0 Å². The summed E-state index contributed by atoms with van der Waals surface area (Å²) in [6, 6.07) is 0. The molecule has 1 aliphatic heterocycles. The van der Waals surface area contributed by atoms with Crippen molar-refractivity contribution in [2.24, 2.45) is 0 Å². The summed E-state index contributed by atoms with van der Waals surface area (Å²) in [4.78, 5) is 13.3. The molecule has 0 bridgehead atoms. The zero-order chi connectivity index (χ0) is 8.10. The van der Waals surface area contributed by atoms with Crippen molar-refractivity contribution < 1.29 is 4.79 Å². The molecule has 2 nitrogen and oxygen atoms in total.